The Kier molecular flexibility index (Phi) is 7.28. The van der Waals surface area contributed by atoms with E-state index in [2.05, 4.69) is 26.6 Å². The number of amides is 1. The van der Waals surface area contributed by atoms with Crippen molar-refractivity contribution < 1.29 is 14.3 Å². The zero-order valence-corrected chi connectivity index (χ0v) is 22.0. The van der Waals surface area contributed by atoms with Crippen molar-refractivity contribution in [3.8, 4) is 29.1 Å². The number of nitrogens with zero attached hydrogens (tertiary/aromatic N) is 4. The number of H-pyrrole nitrogens is 1. The molecule has 1 aliphatic heterocycles. The van der Waals surface area contributed by atoms with E-state index in [1.165, 1.54) is 0 Å². The summed E-state index contributed by atoms with van der Waals surface area (Å²) in [6.07, 6.45) is 3.99. The van der Waals surface area contributed by atoms with E-state index >= 15 is 0 Å². The number of anilines is 1. The second-order valence-corrected chi connectivity index (χ2v) is 9.56. The van der Waals surface area contributed by atoms with Gasteiger partial charge in [0.15, 0.2) is 11.5 Å². The highest BCUT2D eigenvalue weighted by atomic mass is 16.5. The third-order valence-electron chi connectivity index (χ3n) is 6.73. The van der Waals surface area contributed by atoms with Crippen molar-refractivity contribution in [1.82, 2.24) is 20.1 Å². The predicted octanol–water partition coefficient (Wildman–Crippen LogP) is 6.16. The molecule has 3 aromatic carbocycles. The predicted molar refractivity (Wildman–Crippen MR) is 156 cm³/mol. The number of pyridine rings is 1. The first-order valence-electron chi connectivity index (χ1n) is 13.2. The number of carbonyl (C=O) groups is 1. The van der Waals surface area contributed by atoms with Crippen molar-refractivity contribution in [2.45, 2.75) is 12.5 Å². The van der Waals surface area contributed by atoms with E-state index in [1.807, 2.05) is 84.9 Å². The minimum Gasteiger partial charge on any atom is -0.457 e. The lowest BCUT2D eigenvalue weighted by Crippen LogP contribution is -2.32. The van der Waals surface area contributed by atoms with Crippen molar-refractivity contribution in [2.24, 2.45) is 0 Å². The summed E-state index contributed by atoms with van der Waals surface area (Å²) in [5.41, 5.74) is 1.51. The molecule has 1 atom stereocenters. The molecule has 9 nitrogen and oxygen atoms in total. The van der Waals surface area contributed by atoms with Gasteiger partial charge in [0.2, 0.25) is 0 Å². The monoisotopic (exact) mass is 542 g/mol. The molecule has 9 heteroatoms. The summed E-state index contributed by atoms with van der Waals surface area (Å²) in [4.78, 5) is 19.2. The Hall–Kier alpha value is -5.62. The van der Waals surface area contributed by atoms with Gasteiger partial charge in [-0.25, -0.2) is 4.98 Å². The second-order valence-electron chi connectivity index (χ2n) is 9.56. The Bertz CT molecular complexity index is 1730. The highest BCUT2D eigenvalue weighted by Crippen LogP contribution is 2.34. The van der Waals surface area contributed by atoms with Crippen LogP contribution in [0, 0.1) is 11.3 Å². The van der Waals surface area contributed by atoms with Crippen LogP contribution in [0.3, 0.4) is 0 Å². The number of likely N-dealkylation sites (tertiary alicyclic amines) is 1. The van der Waals surface area contributed by atoms with Gasteiger partial charge in [0, 0.05) is 31.4 Å². The summed E-state index contributed by atoms with van der Waals surface area (Å²) in [6, 6.07) is 30.1. The number of hydrogen-bond donors (Lipinski definition) is 2. The number of fused-ring (bicyclic) bond motifs is 1. The Balaban J connectivity index is 1.14. The van der Waals surface area contributed by atoms with Gasteiger partial charge in [0.1, 0.15) is 40.0 Å². The van der Waals surface area contributed by atoms with E-state index in [0.717, 1.165) is 11.3 Å². The summed E-state index contributed by atoms with van der Waals surface area (Å²) in [6.45, 7) is 0.978. The van der Waals surface area contributed by atoms with E-state index in [1.54, 1.807) is 23.2 Å². The SMILES string of the molecule is N#C/C(=C/c1ccccc1)C(=O)N1CCC(Nc2n[nH]c3nccc(Oc4ccc(Oc5ccccc5)cc4)c23)C1. The van der Waals surface area contributed by atoms with Crippen LogP contribution < -0.4 is 14.8 Å². The molecule has 0 saturated carbocycles. The van der Waals surface area contributed by atoms with Crippen LogP contribution in [0.25, 0.3) is 17.1 Å². The Morgan fingerprint density at radius 1 is 0.951 bits per heavy atom. The topological polar surface area (TPSA) is 116 Å². The molecule has 41 heavy (non-hydrogen) atoms. The molecular formula is C32H26N6O3. The van der Waals surface area contributed by atoms with E-state index in [4.69, 9.17) is 9.47 Å². The van der Waals surface area contributed by atoms with Gasteiger partial charge in [-0.2, -0.15) is 10.4 Å². The average Bonchev–Trinajstić information content (AvgIpc) is 3.66. The van der Waals surface area contributed by atoms with E-state index in [-0.39, 0.29) is 17.5 Å². The zero-order valence-electron chi connectivity index (χ0n) is 22.0. The number of benzene rings is 3. The third kappa shape index (κ3) is 5.87. The molecule has 2 aromatic heterocycles. The van der Waals surface area contributed by atoms with Crippen LogP contribution in [0.15, 0.2) is 103 Å². The van der Waals surface area contributed by atoms with Crippen molar-refractivity contribution in [1.29, 1.82) is 5.26 Å². The molecule has 1 aliphatic rings. The molecule has 5 aromatic rings. The number of ether oxygens (including phenoxy) is 2. The number of carbonyl (C=O) groups excluding carboxylic acids is 1. The summed E-state index contributed by atoms with van der Waals surface area (Å²) in [7, 11) is 0. The fourth-order valence-electron chi connectivity index (χ4n) is 4.72. The summed E-state index contributed by atoms with van der Waals surface area (Å²) < 4.78 is 12.1. The largest absolute Gasteiger partial charge is 0.457 e. The number of hydrogen-bond acceptors (Lipinski definition) is 7. The van der Waals surface area contributed by atoms with Crippen LogP contribution in [0.1, 0.15) is 12.0 Å². The van der Waals surface area contributed by atoms with Crippen LogP contribution in [0.2, 0.25) is 0 Å². The molecule has 2 N–H and O–H groups in total. The highest BCUT2D eigenvalue weighted by molar-refractivity contribution is 6.02. The maximum Gasteiger partial charge on any atom is 0.264 e. The molecule has 1 saturated heterocycles. The summed E-state index contributed by atoms with van der Waals surface area (Å²) in [5, 5.41) is 21.2. The fraction of sp³-hybridized carbons (Fsp3) is 0.125. The number of nitrogens with one attached hydrogen (secondary N) is 2. The number of aromatic nitrogens is 3. The van der Waals surface area contributed by atoms with Crippen LogP contribution in [-0.2, 0) is 4.79 Å². The van der Waals surface area contributed by atoms with Gasteiger partial charge < -0.3 is 19.7 Å². The first-order chi connectivity index (χ1) is 20.2. The summed E-state index contributed by atoms with van der Waals surface area (Å²) >= 11 is 0. The summed E-state index contributed by atoms with van der Waals surface area (Å²) in [5.74, 6) is 3.00. The van der Waals surface area contributed by atoms with Gasteiger partial charge in [-0.15, -0.1) is 0 Å². The average molecular weight is 543 g/mol. The molecule has 0 spiro atoms. The quantitative estimate of drug-likeness (QED) is 0.178. The second kappa shape index (κ2) is 11.6. The molecule has 0 bridgehead atoms. The standard InChI is InChI=1S/C32H26N6O3/c33-20-23(19-22-7-3-1-4-8-22)32(39)38-18-16-24(21-38)35-31-29-28(15-17-34-30(29)36-37-31)41-27-13-11-26(12-14-27)40-25-9-5-2-6-10-25/h1-15,17,19,24H,16,18,21H2,(H2,34,35,36,37)/b23-19-. The molecule has 1 amide bonds. The van der Waals surface area contributed by atoms with Gasteiger partial charge >= 0.3 is 0 Å². The first-order valence-corrected chi connectivity index (χ1v) is 13.2. The van der Waals surface area contributed by atoms with Gasteiger partial charge in [-0.3, -0.25) is 9.89 Å². The molecule has 3 heterocycles. The lowest BCUT2D eigenvalue weighted by molar-refractivity contribution is -0.125. The molecule has 0 radical (unpaired) electrons. The maximum atomic E-state index is 13.1. The Morgan fingerprint density at radius 2 is 1.63 bits per heavy atom. The van der Waals surface area contributed by atoms with Crippen molar-refractivity contribution in [2.75, 3.05) is 18.4 Å². The van der Waals surface area contributed by atoms with E-state index in [0.29, 0.717) is 53.6 Å². The molecule has 1 unspecified atom stereocenters. The first kappa shape index (κ1) is 25.6. The minimum atomic E-state index is -0.280. The minimum absolute atomic E-state index is 0.0513. The maximum absolute atomic E-state index is 13.1. The molecule has 202 valence electrons. The van der Waals surface area contributed by atoms with Gasteiger partial charge in [0.25, 0.3) is 5.91 Å². The number of nitriles is 1. The Morgan fingerprint density at radius 3 is 2.37 bits per heavy atom. The lowest BCUT2D eigenvalue weighted by atomic mass is 10.1. The number of para-hydroxylation sites is 1. The fourth-order valence-corrected chi connectivity index (χ4v) is 4.72. The Labute approximate surface area is 236 Å². The lowest BCUT2D eigenvalue weighted by Gasteiger charge is -2.17. The van der Waals surface area contributed by atoms with Crippen LogP contribution in [-0.4, -0.2) is 45.1 Å². The van der Waals surface area contributed by atoms with E-state index in [9.17, 15) is 10.1 Å². The number of rotatable bonds is 8. The molecule has 6 rings (SSSR count). The third-order valence-corrected chi connectivity index (χ3v) is 6.73. The molecule has 1 fully saturated rings. The van der Waals surface area contributed by atoms with Gasteiger partial charge in [-0.05, 0) is 54.5 Å². The smallest absolute Gasteiger partial charge is 0.264 e. The van der Waals surface area contributed by atoms with Crippen molar-refractivity contribution in [3.05, 3.63) is 108 Å². The van der Waals surface area contributed by atoms with Crippen molar-refractivity contribution in [3.63, 3.8) is 0 Å². The number of aromatic amines is 1. The highest BCUT2D eigenvalue weighted by Gasteiger charge is 2.29. The molecule has 0 aliphatic carbocycles. The van der Waals surface area contributed by atoms with Gasteiger partial charge in [-0.1, -0.05) is 48.5 Å². The van der Waals surface area contributed by atoms with Crippen molar-refractivity contribution >= 4 is 28.8 Å². The van der Waals surface area contributed by atoms with Crippen LogP contribution in [0.5, 0.6) is 23.0 Å². The normalized spacial score (nSPS) is 15.0. The van der Waals surface area contributed by atoms with Crippen LogP contribution >= 0.6 is 0 Å². The van der Waals surface area contributed by atoms with E-state index < -0.39 is 0 Å². The zero-order chi connectivity index (χ0) is 28.0. The van der Waals surface area contributed by atoms with Crippen LogP contribution in [0.4, 0.5) is 5.82 Å². The molecular weight excluding hydrogens is 516 g/mol. The van der Waals surface area contributed by atoms with Gasteiger partial charge in [0.05, 0.1) is 0 Å².